The summed E-state index contributed by atoms with van der Waals surface area (Å²) in [6, 6.07) is 10.4. The number of benzene rings is 1. The Morgan fingerprint density at radius 1 is 1.25 bits per heavy atom. The van der Waals surface area contributed by atoms with E-state index in [4.69, 9.17) is 16.0 Å². The molecule has 0 saturated heterocycles. The molecule has 3 heteroatoms. The van der Waals surface area contributed by atoms with Gasteiger partial charge in [-0.2, -0.15) is 0 Å². The third-order valence-corrected chi connectivity index (χ3v) is 3.61. The molecule has 0 spiro atoms. The minimum Gasteiger partial charge on any atom is -0.461 e. The molecule has 0 aliphatic carbocycles. The second-order valence-electron chi connectivity index (χ2n) is 5.28. The van der Waals surface area contributed by atoms with E-state index in [0.29, 0.717) is 6.04 Å². The van der Waals surface area contributed by atoms with Crippen LogP contribution in [0.1, 0.15) is 31.6 Å². The molecule has 108 valence electrons. The van der Waals surface area contributed by atoms with Crippen molar-refractivity contribution in [2.45, 2.75) is 39.7 Å². The lowest BCUT2D eigenvalue weighted by atomic mass is 10.1. The first kappa shape index (κ1) is 15.1. The molecule has 1 heterocycles. The van der Waals surface area contributed by atoms with E-state index < -0.39 is 0 Å². The van der Waals surface area contributed by atoms with Gasteiger partial charge in [-0.3, -0.25) is 0 Å². The van der Waals surface area contributed by atoms with Gasteiger partial charge in [-0.25, -0.2) is 0 Å². The Labute approximate surface area is 126 Å². The minimum absolute atomic E-state index is 0.425. The molecule has 1 unspecified atom stereocenters. The third-order valence-electron chi connectivity index (χ3n) is 3.38. The highest BCUT2D eigenvalue weighted by atomic mass is 35.5. The van der Waals surface area contributed by atoms with Crippen LogP contribution >= 0.6 is 11.6 Å². The van der Waals surface area contributed by atoms with Crippen LogP contribution in [0.4, 0.5) is 0 Å². The van der Waals surface area contributed by atoms with Crippen molar-refractivity contribution in [2.24, 2.45) is 0 Å². The highest BCUT2D eigenvalue weighted by Gasteiger charge is 2.10. The second-order valence-corrected chi connectivity index (χ2v) is 5.72. The first-order chi connectivity index (χ1) is 9.60. The van der Waals surface area contributed by atoms with Gasteiger partial charge in [0.15, 0.2) is 0 Å². The van der Waals surface area contributed by atoms with Gasteiger partial charge in [0.1, 0.15) is 11.5 Å². The van der Waals surface area contributed by atoms with Crippen molar-refractivity contribution in [1.29, 1.82) is 0 Å². The fraction of sp³-hybridized carbons (Fsp3) is 0.412. The summed E-state index contributed by atoms with van der Waals surface area (Å²) in [5.74, 6) is 1.90. The standard InChI is InChI=1S/C17H22ClNO/c1-4-9-19-13(3)10-15-7-8-17(20-15)16-11-14(18)6-5-12(16)2/h5-8,11,13,19H,4,9-10H2,1-3H3. The van der Waals surface area contributed by atoms with E-state index in [9.17, 15) is 0 Å². The molecule has 0 aliphatic rings. The highest BCUT2D eigenvalue weighted by molar-refractivity contribution is 6.30. The summed E-state index contributed by atoms with van der Waals surface area (Å²) in [4.78, 5) is 0. The summed E-state index contributed by atoms with van der Waals surface area (Å²) >= 11 is 6.06. The molecule has 1 aromatic heterocycles. The van der Waals surface area contributed by atoms with Crippen molar-refractivity contribution in [1.82, 2.24) is 5.32 Å². The van der Waals surface area contributed by atoms with Crippen molar-refractivity contribution >= 4 is 11.6 Å². The molecule has 1 N–H and O–H groups in total. The van der Waals surface area contributed by atoms with Gasteiger partial charge in [0.05, 0.1) is 0 Å². The molecule has 2 rings (SSSR count). The number of hydrogen-bond acceptors (Lipinski definition) is 2. The van der Waals surface area contributed by atoms with Crippen molar-refractivity contribution < 1.29 is 4.42 Å². The van der Waals surface area contributed by atoms with Crippen molar-refractivity contribution in [3.63, 3.8) is 0 Å². The van der Waals surface area contributed by atoms with Crippen LogP contribution < -0.4 is 5.32 Å². The van der Waals surface area contributed by atoms with Gasteiger partial charge in [-0.15, -0.1) is 0 Å². The number of furan rings is 1. The predicted molar refractivity (Wildman–Crippen MR) is 85.4 cm³/mol. The van der Waals surface area contributed by atoms with E-state index in [1.807, 2.05) is 24.3 Å². The van der Waals surface area contributed by atoms with Crippen molar-refractivity contribution in [2.75, 3.05) is 6.54 Å². The lowest BCUT2D eigenvalue weighted by Gasteiger charge is -2.11. The van der Waals surface area contributed by atoms with E-state index in [1.54, 1.807) is 0 Å². The van der Waals surface area contributed by atoms with Gasteiger partial charge in [-0.05, 0) is 56.6 Å². The summed E-state index contributed by atoms with van der Waals surface area (Å²) in [5, 5.41) is 4.21. The van der Waals surface area contributed by atoms with Crippen LogP contribution in [0, 0.1) is 6.92 Å². The number of nitrogens with one attached hydrogen (secondary N) is 1. The Morgan fingerprint density at radius 2 is 2.05 bits per heavy atom. The molecular weight excluding hydrogens is 270 g/mol. The van der Waals surface area contributed by atoms with Gasteiger partial charge in [-0.1, -0.05) is 24.6 Å². The van der Waals surface area contributed by atoms with E-state index in [-0.39, 0.29) is 0 Å². The van der Waals surface area contributed by atoms with E-state index in [1.165, 1.54) is 5.56 Å². The maximum atomic E-state index is 6.06. The second kappa shape index (κ2) is 6.96. The third kappa shape index (κ3) is 3.87. The van der Waals surface area contributed by atoms with Gasteiger partial charge >= 0.3 is 0 Å². The Morgan fingerprint density at radius 3 is 2.80 bits per heavy atom. The van der Waals surface area contributed by atoms with Gasteiger partial charge < -0.3 is 9.73 Å². The van der Waals surface area contributed by atoms with Crippen LogP contribution in [0.2, 0.25) is 5.02 Å². The SMILES string of the molecule is CCCNC(C)Cc1ccc(-c2cc(Cl)ccc2C)o1. The molecule has 0 aliphatic heterocycles. The zero-order chi connectivity index (χ0) is 14.5. The topological polar surface area (TPSA) is 25.2 Å². The summed E-state index contributed by atoms with van der Waals surface area (Å²) in [6.45, 7) is 7.47. The van der Waals surface area contributed by atoms with Crippen LogP contribution in [-0.2, 0) is 6.42 Å². The average molecular weight is 292 g/mol. The smallest absolute Gasteiger partial charge is 0.134 e. The lowest BCUT2D eigenvalue weighted by molar-refractivity contribution is 0.464. The Balaban J connectivity index is 2.10. The van der Waals surface area contributed by atoms with E-state index in [0.717, 1.165) is 41.5 Å². The molecule has 0 bridgehead atoms. The van der Waals surface area contributed by atoms with E-state index >= 15 is 0 Å². The van der Waals surface area contributed by atoms with Crippen molar-refractivity contribution in [3.05, 3.63) is 46.7 Å². The van der Waals surface area contributed by atoms with Crippen LogP contribution in [-0.4, -0.2) is 12.6 Å². The minimum atomic E-state index is 0.425. The Hall–Kier alpha value is -1.25. The van der Waals surface area contributed by atoms with Gasteiger partial charge in [0.25, 0.3) is 0 Å². The average Bonchev–Trinajstić information content (AvgIpc) is 2.87. The fourth-order valence-electron chi connectivity index (χ4n) is 2.26. The first-order valence-corrected chi connectivity index (χ1v) is 7.56. The Bertz CT molecular complexity index is 562. The summed E-state index contributed by atoms with van der Waals surface area (Å²) in [5.41, 5.74) is 2.24. The molecule has 0 fully saturated rings. The predicted octanol–water partition coefficient (Wildman–Crippen LogP) is 4.84. The molecule has 1 atom stereocenters. The number of aryl methyl sites for hydroxylation is 1. The zero-order valence-electron chi connectivity index (χ0n) is 12.4. The number of hydrogen-bond donors (Lipinski definition) is 1. The largest absolute Gasteiger partial charge is 0.461 e. The van der Waals surface area contributed by atoms with E-state index in [2.05, 4.69) is 32.2 Å². The maximum Gasteiger partial charge on any atom is 0.134 e. The molecule has 20 heavy (non-hydrogen) atoms. The maximum absolute atomic E-state index is 6.06. The number of halogens is 1. The summed E-state index contributed by atoms with van der Waals surface area (Å²) in [6.07, 6.45) is 2.05. The monoisotopic (exact) mass is 291 g/mol. The van der Waals surface area contributed by atoms with Gasteiger partial charge in [0, 0.05) is 23.0 Å². The molecule has 0 saturated carbocycles. The Kier molecular flexibility index (Phi) is 5.27. The fourth-order valence-corrected chi connectivity index (χ4v) is 2.43. The van der Waals surface area contributed by atoms with Crippen LogP contribution in [0.15, 0.2) is 34.7 Å². The van der Waals surface area contributed by atoms with Crippen molar-refractivity contribution in [3.8, 4) is 11.3 Å². The molecular formula is C17H22ClNO. The first-order valence-electron chi connectivity index (χ1n) is 7.18. The molecule has 2 aromatic rings. The lowest BCUT2D eigenvalue weighted by Crippen LogP contribution is -2.28. The van der Waals surface area contributed by atoms with Crippen LogP contribution in [0.5, 0.6) is 0 Å². The molecule has 1 aromatic carbocycles. The van der Waals surface area contributed by atoms with Crippen LogP contribution in [0.3, 0.4) is 0 Å². The molecule has 0 amide bonds. The highest BCUT2D eigenvalue weighted by Crippen LogP contribution is 2.28. The van der Waals surface area contributed by atoms with Gasteiger partial charge in [0.2, 0.25) is 0 Å². The number of rotatable bonds is 6. The quantitative estimate of drug-likeness (QED) is 0.824. The molecule has 0 radical (unpaired) electrons. The van der Waals surface area contributed by atoms with Crippen LogP contribution in [0.25, 0.3) is 11.3 Å². The summed E-state index contributed by atoms with van der Waals surface area (Å²) in [7, 11) is 0. The molecule has 2 nitrogen and oxygen atoms in total. The summed E-state index contributed by atoms with van der Waals surface area (Å²) < 4.78 is 5.96. The normalized spacial score (nSPS) is 12.6. The zero-order valence-corrected chi connectivity index (χ0v) is 13.1.